The lowest BCUT2D eigenvalue weighted by Crippen LogP contribution is -2.44. The maximum atomic E-state index is 11.3. The standard InChI is InChI=1S/C15H22N6O5S.C7H14N2O4S/c1-27-3-2-7(15(24)25)17-4-8-10(22)11(23)14(26-8)21-6-20-9-12(16)18-5-19-13(9)21;1-9-5(7(12)13)3-14-2-4(8)6(10)11/h5-8,10-11,14,17,22-23H,2-4H2,1H3,(H,24,25)(H2,16,18,19);4-5,9H,2-3,8H2,1H3,(H,10,11)(H,12,13)/t7?,8-,10-,11-,14-;/m1./s1. The van der Waals surface area contributed by atoms with Gasteiger partial charge in [0.25, 0.3) is 0 Å². The van der Waals surface area contributed by atoms with Gasteiger partial charge in [0.05, 0.1) is 6.33 Å². The van der Waals surface area contributed by atoms with E-state index in [0.29, 0.717) is 29.1 Å². The molecular weight excluding hydrogens is 584 g/mol. The van der Waals surface area contributed by atoms with Crippen LogP contribution in [-0.4, -0.2) is 137 Å². The van der Waals surface area contributed by atoms with Crippen molar-refractivity contribution < 1.29 is 44.7 Å². The number of ether oxygens (including phenoxy) is 1. The molecule has 2 aromatic rings. The summed E-state index contributed by atoms with van der Waals surface area (Å²) in [5, 5.41) is 52.5. The van der Waals surface area contributed by atoms with E-state index in [9.17, 15) is 29.7 Å². The Morgan fingerprint density at radius 2 is 1.76 bits per heavy atom. The summed E-state index contributed by atoms with van der Waals surface area (Å²) in [6.07, 6.45) is 0.858. The number of hydrogen-bond donors (Lipinski definition) is 9. The molecule has 19 heteroatoms. The number of carbonyl (C=O) groups is 3. The van der Waals surface area contributed by atoms with E-state index in [1.807, 2.05) is 6.26 Å². The number of imidazole rings is 1. The molecule has 230 valence electrons. The van der Waals surface area contributed by atoms with Crippen molar-refractivity contribution in [1.82, 2.24) is 30.2 Å². The minimum atomic E-state index is -1.24. The molecule has 0 spiro atoms. The molecule has 3 heterocycles. The van der Waals surface area contributed by atoms with Gasteiger partial charge >= 0.3 is 17.9 Å². The highest BCUT2D eigenvalue weighted by Crippen LogP contribution is 2.31. The van der Waals surface area contributed by atoms with Crippen LogP contribution in [0.2, 0.25) is 0 Å². The zero-order chi connectivity index (χ0) is 30.7. The SMILES string of the molecule is CNC(CSCC(N)C(=O)O)C(=O)O.CSCCC(NC[C@H]1O[C@@H](n2cnc3c(N)ncnc32)[C@H](O)[C@@H]1O)C(=O)O. The van der Waals surface area contributed by atoms with Gasteiger partial charge in [-0.15, -0.1) is 0 Å². The number of thioether (sulfide) groups is 2. The van der Waals surface area contributed by atoms with Crippen molar-refractivity contribution in [3.05, 3.63) is 12.7 Å². The summed E-state index contributed by atoms with van der Waals surface area (Å²) in [7, 11) is 1.54. The molecule has 3 unspecified atom stereocenters. The molecule has 7 atom stereocenters. The number of aliphatic hydroxyl groups is 2. The highest BCUT2D eigenvalue weighted by Gasteiger charge is 2.44. The predicted octanol–water partition coefficient (Wildman–Crippen LogP) is -2.37. The topological polar surface area (TPSA) is 281 Å². The quantitative estimate of drug-likeness (QED) is 0.100. The Hall–Kier alpha value is -2.78. The second kappa shape index (κ2) is 16.6. The van der Waals surface area contributed by atoms with Crippen LogP contribution in [0.4, 0.5) is 5.82 Å². The second-order valence-electron chi connectivity index (χ2n) is 8.87. The number of fused-ring (bicyclic) bond motifs is 1. The first-order valence-electron chi connectivity index (χ1n) is 12.3. The summed E-state index contributed by atoms with van der Waals surface area (Å²) in [6, 6.07) is -2.36. The molecule has 1 aliphatic rings. The molecule has 0 aromatic carbocycles. The first kappa shape index (κ1) is 34.4. The third kappa shape index (κ3) is 9.64. The third-order valence-corrected chi connectivity index (χ3v) is 7.83. The van der Waals surface area contributed by atoms with Gasteiger partial charge in [-0.3, -0.25) is 19.0 Å². The van der Waals surface area contributed by atoms with Crippen molar-refractivity contribution in [2.45, 2.75) is 49.1 Å². The molecule has 17 nitrogen and oxygen atoms in total. The average molecular weight is 621 g/mol. The van der Waals surface area contributed by atoms with E-state index < -0.39 is 60.6 Å². The smallest absolute Gasteiger partial charge is 0.321 e. The van der Waals surface area contributed by atoms with E-state index in [4.69, 9.17) is 26.4 Å². The number of likely N-dealkylation sites (N-methyl/N-ethyl adjacent to an activating group) is 1. The number of nitrogens with one attached hydrogen (secondary N) is 2. The van der Waals surface area contributed by atoms with Crippen molar-refractivity contribution in [3.63, 3.8) is 0 Å². The molecule has 1 fully saturated rings. The van der Waals surface area contributed by atoms with Crippen molar-refractivity contribution in [2.24, 2.45) is 5.73 Å². The third-order valence-electron chi connectivity index (χ3n) is 6.02. The Bertz CT molecular complexity index is 1160. The van der Waals surface area contributed by atoms with Crippen LogP contribution < -0.4 is 22.1 Å². The minimum Gasteiger partial charge on any atom is -0.480 e. The van der Waals surface area contributed by atoms with E-state index >= 15 is 0 Å². The fourth-order valence-corrected chi connectivity index (χ4v) is 5.20. The number of aliphatic carboxylic acids is 3. The van der Waals surface area contributed by atoms with E-state index in [1.165, 1.54) is 36.0 Å². The summed E-state index contributed by atoms with van der Waals surface area (Å²) < 4.78 is 7.25. The van der Waals surface area contributed by atoms with E-state index in [2.05, 4.69) is 25.6 Å². The number of rotatable bonds is 15. The first-order chi connectivity index (χ1) is 19.4. The number of aromatic nitrogens is 4. The summed E-state index contributed by atoms with van der Waals surface area (Å²) in [5.41, 5.74) is 11.7. The zero-order valence-corrected chi connectivity index (χ0v) is 24.0. The molecule has 1 aliphatic heterocycles. The molecular formula is C22H36N8O9S2. The highest BCUT2D eigenvalue weighted by atomic mass is 32.2. The summed E-state index contributed by atoms with van der Waals surface area (Å²) >= 11 is 2.75. The summed E-state index contributed by atoms with van der Waals surface area (Å²) in [5.74, 6) is -1.61. The normalized spacial score (nSPS) is 22.5. The molecule has 0 saturated carbocycles. The molecule has 3 rings (SSSR count). The molecule has 0 aliphatic carbocycles. The maximum Gasteiger partial charge on any atom is 0.321 e. The molecule has 1 saturated heterocycles. The maximum absolute atomic E-state index is 11.3. The van der Waals surface area contributed by atoms with Gasteiger partial charge in [0.15, 0.2) is 17.7 Å². The van der Waals surface area contributed by atoms with Gasteiger partial charge in [-0.25, -0.2) is 15.0 Å². The Kier molecular flexibility index (Phi) is 13.9. The number of aliphatic hydroxyl groups excluding tert-OH is 2. The number of carboxylic acids is 3. The van der Waals surface area contributed by atoms with Crippen LogP contribution in [0, 0.1) is 0 Å². The fraction of sp³-hybridized carbons (Fsp3) is 0.636. The average Bonchev–Trinajstić information content (AvgIpc) is 3.48. The predicted molar refractivity (Wildman–Crippen MR) is 152 cm³/mol. The number of hydrogen-bond acceptors (Lipinski definition) is 15. The molecule has 0 radical (unpaired) electrons. The van der Waals surface area contributed by atoms with Gasteiger partial charge in [0.2, 0.25) is 0 Å². The van der Waals surface area contributed by atoms with E-state index in [1.54, 1.807) is 11.8 Å². The molecule has 2 aromatic heterocycles. The Labute approximate surface area is 243 Å². The number of anilines is 1. The molecule has 41 heavy (non-hydrogen) atoms. The number of nitrogen functional groups attached to an aromatic ring is 1. The number of nitrogens with zero attached hydrogens (tertiary/aromatic N) is 4. The zero-order valence-electron chi connectivity index (χ0n) is 22.4. The van der Waals surface area contributed by atoms with Crippen LogP contribution in [-0.2, 0) is 19.1 Å². The first-order valence-corrected chi connectivity index (χ1v) is 14.8. The van der Waals surface area contributed by atoms with Gasteiger partial charge < -0.3 is 52.4 Å². The van der Waals surface area contributed by atoms with Gasteiger partial charge in [-0.2, -0.15) is 23.5 Å². The Balaban J connectivity index is 0.000000357. The lowest BCUT2D eigenvalue weighted by Gasteiger charge is -2.19. The number of carboxylic acid groups (broad SMARTS) is 3. The van der Waals surface area contributed by atoms with Crippen LogP contribution in [0.25, 0.3) is 11.2 Å². The Morgan fingerprint density at radius 3 is 2.34 bits per heavy atom. The van der Waals surface area contributed by atoms with Crippen molar-refractivity contribution >= 4 is 58.4 Å². The van der Waals surface area contributed by atoms with Crippen LogP contribution in [0.15, 0.2) is 12.7 Å². The van der Waals surface area contributed by atoms with Gasteiger partial charge in [0.1, 0.15) is 48.3 Å². The Morgan fingerprint density at radius 1 is 1.07 bits per heavy atom. The molecule has 0 amide bonds. The van der Waals surface area contributed by atoms with Crippen LogP contribution in [0.3, 0.4) is 0 Å². The van der Waals surface area contributed by atoms with Crippen molar-refractivity contribution in [2.75, 3.05) is 42.8 Å². The minimum absolute atomic E-state index is 0.0732. The summed E-state index contributed by atoms with van der Waals surface area (Å²) in [6.45, 7) is 0.0732. The van der Waals surface area contributed by atoms with E-state index in [-0.39, 0.29) is 18.1 Å². The number of nitrogens with two attached hydrogens (primary N) is 2. The summed E-state index contributed by atoms with van der Waals surface area (Å²) in [4.78, 5) is 44.2. The molecule has 0 bridgehead atoms. The highest BCUT2D eigenvalue weighted by molar-refractivity contribution is 7.99. The van der Waals surface area contributed by atoms with Gasteiger partial charge in [-0.1, -0.05) is 0 Å². The van der Waals surface area contributed by atoms with Gasteiger partial charge in [0, 0.05) is 18.1 Å². The molecule has 11 N–H and O–H groups in total. The lowest BCUT2D eigenvalue weighted by atomic mass is 10.1. The fourth-order valence-electron chi connectivity index (χ4n) is 3.65. The van der Waals surface area contributed by atoms with Crippen molar-refractivity contribution in [3.8, 4) is 0 Å². The van der Waals surface area contributed by atoms with E-state index in [0.717, 1.165) is 0 Å². The second-order valence-corrected chi connectivity index (χ2v) is 10.9. The van der Waals surface area contributed by atoms with Crippen LogP contribution in [0.1, 0.15) is 12.6 Å². The van der Waals surface area contributed by atoms with Crippen molar-refractivity contribution in [1.29, 1.82) is 0 Å². The van der Waals surface area contributed by atoms with Crippen LogP contribution in [0.5, 0.6) is 0 Å². The largest absolute Gasteiger partial charge is 0.480 e. The van der Waals surface area contributed by atoms with Crippen LogP contribution >= 0.6 is 23.5 Å². The lowest BCUT2D eigenvalue weighted by molar-refractivity contribution is -0.140. The van der Waals surface area contributed by atoms with Gasteiger partial charge in [-0.05, 0) is 25.5 Å². The monoisotopic (exact) mass is 620 g/mol.